The van der Waals surface area contributed by atoms with Crippen LogP contribution in [0, 0.1) is 0 Å². The molecule has 0 aliphatic rings. The van der Waals surface area contributed by atoms with Crippen molar-refractivity contribution in [2.45, 2.75) is 6.92 Å². The fourth-order valence-corrected chi connectivity index (χ4v) is 0. The van der Waals surface area contributed by atoms with Crippen LogP contribution in [0.25, 0.3) is 0 Å². The molecule has 0 heterocycles. The second-order valence-electron chi connectivity index (χ2n) is 0.861. The molecule has 4 nitrogen and oxygen atoms in total. The Morgan fingerprint density at radius 2 is 1.50 bits per heavy atom. The van der Waals surface area contributed by atoms with Crippen LogP contribution in [-0.4, -0.2) is 22.3 Å². The van der Waals surface area contributed by atoms with E-state index in [0.717, 1.165) is 6.92 Å². The van der Waals surface area contributed by atoms with Gasteiger partial charge in [-0.25, -0.2) is 4.79 Å². The van der Waals surface area contributed by atoms with Crippen molar-refractivity contribution in [2.75, 3.05) is 0 Å². The summed E-state index contributed by atoms with van der Waals surface area (Å²) in [7, 11) is 0. The summed E-state index contributed by atoms with van der Waals surface area (Å²) in [6, 6.07) is 0. The third-order valence-corrected chi connectivity index (χ3v) is 0.301. The number of carbonyl (C=O) groups excluding carboxylic acids is 1. The fourth-order valence-electron chi connectivity index (χ4n) is 0. The summed E-state index contributed by atoms with van der Waals surface area (Å²) in [5, 5.41) is 7.64. The van der Waals surface area contributed by atoms with Gasteiger partial charge in [-0.2, -0.15) is 0 Å². The van der Waals surface area contributed by atoms with Crippen molar-refractivity contribution in [3.05, 3.63) is 0 Å². The minimum atomic E-state index is -1.38. The Balaban J connectivity index is -0.000000125. The van der Waals surface area contributed by atoms with Gasteiger partial charge in [0, 0.05) is 24.0 Å². The molecule has 0 rings (SSSR count). The normalized spacial score (nSPS) is 5.62. The molecule has 0 radical (unpaired) electrons. The Hall–Kier alpha value is -0.381. The molecule has 0 fully saturated rings. The number of carboxylic acid groups (broad SMARTS) is 1. The standard InChI is InChI=1S/C3H4O3.Fe.H2O/c1-2(4)3(5)6;;/h1H3,(H,5,6);;1H2. The first-order valence-electron chi connectivity index (χ1n) is 1.38. The quantitative estimate of drug-likeness (QED) is 0.389. The second kappa shape index (κ2) is 6.62. The molecule has 8 heavy (non-hydrogen) atoms. The van der Waals surface area contributed by atoms with E-state index in [9.17, 15) is 9.59 Å². The number of aliphatic carboxylic acids is 1. The van der Waals surface area contributed by atoms with Crippen LogP contribution < -0.4 is 0 Å². The maximum atomic E-state index is 9.54. The van der Waals surface area contributed by atoms with Gasteiger partial charge in [0.25, 0.3) is 0 Å². The number of rotatable bonds is 1. The Bertz CT molecular complexity index is 77.3. The monoisotopic (exact) mass is 162 g/mol. The van der Waals surface area contributed by atoms with E-state index in [-0.39, 0.29) is 22.5 Å². The molecular weight excluding hydrogens is 156 g/mol. The van der Waals surface area contributed by atoms with Crippen molar-refractivity contribution in [1.29, 1.82) is 0 Å². The molecule has 0 aromatic heterocycles. The van der Waals surface area contributed by atoms with E-state index in [4.69, 9.17) is 5.11 Å². The van der Waals surface area contributed by atoms with E-state index >= 15 is 0 Å². The van der Waals surface area contributed by atoms with Gasteiger partial charge in [-0.05, 0) is 0 Å². The Morgan fingerprint density at radius 1 is 1.38 bits per heavy atom. The Morgan fingerprint density at radius 3 is 1.50 bits per heavy atom. The zero-order chi connectivity index (χ0) is 5.15. The average molecular weight is 162 g/mol. The summed E-state index contributed by atoms with van der Waals surface area (Å²) < 4.78 is 0. The van der Waals surface area contributed by atoms with Crippen LogP contribution in [-0.2, 0) is 26.7 Å². The molecule has 0 aromatic rings. The van der Waals surface area contributed by atoms with Gasteiger partial charge in [-0.3, -0.25) is 4.79 Å². The predicted molar refractivity (Wildman–Crippen MR) is 21.9 cm³/mol. The minimum Gasteiger partial charge on any atom is -0.476 e. The first-order chi connectivity index (χ1) is 2.64. The molecule has 0 bridgehead atoms. The van der Waals surface area contributed by atoms with E-state index in [1.807, 2.05) is 0 Å². The number of hydrogen-bond acceptors (Lipinski definition) is 2. The van der Waals surface area contributed by atoms with Crippen molar-refractivity contribution >= 4 is 11.8 Å². The number of Topliss-reactive ketones (excluding diaryl/α,β-unsaturated/α-hetero) is 1. The maximum absolute atomic E-state index is 9.54. The zero-order valence-electron chi connectivity index (χ0n) is 4.12. The third-order valence-electron chi connectivity index (χ3n) is 0.301. The molecule has 0 saturated heterocycles. The van der Waals surface area contributed by atoms with Gasteiger partial charge in [-0.1, -0.05) is 0 Å². The van der Waals surface area contributed by atoms with Gasteiger partial charge in [0.1, 0.15) is 0 Å². The summed E-state index contributed by atoms with van der Waals surface area (Å²) in [4.78, 5) is 18.9. The second-order valence-corrected chi connectivity index (χ2v) is 0.861. The smallest absolute Gasteiger partial charge is 0.371 e. The number of carboxylic acids is 1. The van der Waals surface area contributed by atoms with E-state index in [0.29, 0.717) is 0 Å². The first-order valence-corrected chi connectivity index (χ1v) is 1.38. The fraction of sp³-hybridized carbons (Fsp3) is 0.333. The summed E-state index contributed by atoms with van der Waals surface area (Å²) in [6.45, 7) is 1.00. The molecule has 50 valence electrons. The van der Waals surface area contributed by atoms with Crippen molar-refractivity contribution in [1.82, 2.24) is 0 Å². The van der Waals surface area contributed by atoms with Crippen LogP contribution >= 0.6 is 0 Å². The van der Waals surface area contributed by atoms with Crippen LogP contribution in [0.1, 0.15) is 6.92 Å². The SMILES string of the molecule is CC(=O)C(=O)O.O.[Fe]. The minimum absolute atomic E-state index is 0. The van der Waals surface area contributed by atoms with Crippen LogP contribution in [0.15, 0.2) is 0 Å². The van der Waals surface area contributed by atoms with E-state index in [1.165, 1.54) is 0 Å². The van der Waals surface area contributed by atoms with Crippen LogP contribution in [0.5, 0.6) is 0 Å². The Kier molecular flexibility index (Phi) is 12.9. The van der Waals surface area contributed by atoms with Crippen molar-refractivity contribution in [3.8, 4) is 0 Å². The first kappa shape index (κ1) is 15.6. The summed E-state index contributed by atoms with van der Waals surface area (Å²) >= 11 is 0. The van der Waals surface area contributed by atoms with Gasteiger partial charge >= 0.3 is 5.97 Å². The number of ketones is 1. The van der Waals surface area contributed by atoms with Crippen molar-refractivity contribution < 1.29 is 37.2 Å². The maximum Gasteiger partial charge on any atom is 0.371 e. The number of hydrogen-bond donors (Lipinski definition) is 1. The van der Waals surface area contributed by atoms with Gasteiger partial charge < -0.3 is 10.6 Å². The van der Waals surface area contributed by atoms with Crippen molar-refractivity contribution in [2.24, 2.45) is 0 Å². The molecule has 0 atom stereocenters. The molecule has 0 aromatic carbocycles. The summed E-state index contributed by atoms with van der Waals surface area (Å²) in [5.74, 6) is -2.20. The molecule has 0 saturated carbocycles. The third kappa shape index (κ3) is 9.15. The molecular formula is C3H6FeO4. The Labute approximate surface area is 56.7 Å². The molecule has 5 heteroatoms. The van der Waals surface area contributed by atoms with Gasteiger partial charge in [-0.15, -0.1) is 0 Å². The summed E-state index contributed by atoms with van der Waals surface area (Å²) in [6.07, 6.45) is 0. The van der Waals surface area contributed by atoms with Gasteiger partial charge in [0.15, 0.2) is 0 Å². The van der Waals surface area contributed by atoms with Crippen LogP contribution in [0.3, 0.4) is 0 Å². The van der Waals surface area contributed by atoms with Gasteiger partial charge in [0.2, 0.25) is 5.78 Å². The largest absolute Gasteiger partial charge is 0.476 e. The molecule has 0 aliphatic carbocycles. The van der Waals surface area contributed by atoms with Crippen LogP contribution in [0.2, 0.25) is 0 Å². The predicted octanol–water partition coefficient (Wildman–Crippen LogP) is -1.17. The van der Waals surface area contributed by atoms with Crippen LogP contribution in [0.4, 0.5) is 0 Å². The zero-order valence-corrected chi connectivity index (χ0v) is 5.22. The summed E-state index contributed by atoms with van der Waals surface area (Å²) in [5.41, 5.74) is 0. The average Bonchev–Trinajstić information content (AvgIpc) is 1.36. The molecule has 0 unspecified atom stereocenters. The topological polar surface area (TPSA) is 85.9 Å². The molecule has 3 N–H and O–H groups in total. The van der Waals surface area contributed by atoms with E-state index in [1.54, 1.807) is 0 Å². The van der Waals surface area contributed by atoms with E-state index < -0.39 is 11.8 Å². The molecule has 0 spiro atoms. The number of carbonyl (C=O) groups is 2. The van der Waals surface area contributed by atoms with E-state index in [2.05, 4.69) is 0 Å². The van der Waals surface area contributed by atoms with Crippen molar-refractivity contribution in [3.63, 3.8) is 0 Å². The van der Waals surface area contributed by atoms with Gasteiger partial charge in [0.05, 0.1) is 0 Å². The molecule has 0 amide bonds. The molecule has 0 aliphatic heterocycles.